The van der Waals surface area contributed by atoms with Gasteiger partial charge in [0.2, 0.25) is 0 Å². The maximum atomic E-state index is 11.4. The predicted octanol–water partition coefficient (Wildman–Crippen LogP) is -1.90. The third-order valence-electron chi connectivity index (χ3n) is 2.04. The van der Waals surface area contributed by atoms with Crippen molar-refractivity contribution >= 4 is 22.3 Å². The third kappa shape index (κ3) is 11.4. The fourth-order valence-electron chi connectivity index (χ4n) is 1.30. The molecule has 0 saturated carbocycles. The zero-order valence-corrected chi connectivity index (χ0v) is 14.2. The van der Waals surface area contributed by atoms with Gasteiger partial charge in [-0.3, -0.25) is 14.1 Å². The standard InChI is InChI=1S/C10H18O7S.Na/c1-3-5-8(7-9(11)16-6-4-2)10(12)17-18(13,14)15;/h8H,3-7H2,1-2H3,(H,13,14,15);/q;+1. The second-order valence-corrected chi connectivity index (χ2v) is 4.76. The molecule has 0 fully saturated rings. The Balaban J connectivity index is 0. The molecule has 0 heterocycles. The van der Waals surface area contributed by atoms with E-state index < -0.39 is 28.3 Å². The fourth-order valence-corrected chi connectivity index (χ4v) is 1.64. The second kappa shape index (κ2) is 10.6. The van der Waals surface area contributed by atoms with E-state index in [4.69, 9.17) is 9.29 Å². The minimum Gasteiger partial charge on any atom is -0.466 e. The SMILES string of the molecule is CCCOC(=O)CC(CCC)C(=O)OS(=O)(=O)O.[Na+]. The van der Waals surface area contributed by atoms with Gasteiger partial charge < -0.3 is 8.92 Å². The Morgan fingerprint density at radius 2 is 1.79 bits per heavy atom. The second-order valence-electron chi connectivity index (χ2n) is 3.74. The summed E-state index contributed by atoms with van der Waals surface area (Å²) in [4.78, 5) is 22.7. The number of rotatable bonds is 8. The van der Waals surface area contributed by atoms with Crippen molar-refractivity contribution in [2.75, 3.05) is 6.61 Å². The van der Waals surface area contributed by atoms with Gasteiger partial charge in [-0.25, -0.2) is 0 Å². The van der Waals surface area contributed by atoms with Crippen molar-refractivity contribution in [1.29, 1.82) is 0 Å². The van der Waals surface area contributed by atoms with Gasteiger partial charge in [0.25, 0.3) is 0 Å². The molecule has 0 aliphatic heterocycles. The Morgan fingerprint density at radius 1 is 1.21 bits per heavy atom. The summed E-state index contributed by atoms with van der Waals surface area (Å²) in [5.74, 6) is -2.67. The molecule has 1 N–H and O–H groups in total. The molecule has 0 aliphatic carbocycles. The van der Waals surface area contributed by atoms with Crippen LogP contribution in [0.1, 0.15) is 39.5 Å². The summed E-state index contributed by atoms with van der Waals surface area (Å²) in [6, 6.07) is 0. The third-order valence-corrected chi connectivity index (χ3v) is 2.41. The molecule has 0 aliphatic rings. The topological polar surface area (TPSA) is 107 Å². The zero-order chi connectivity index (χ0) is 14.2. The van der Waals surface area contributed by atoms with Crippen molar-refractivity contribution in [2.45, 2.75) is 39.5 Å². The maximum absolute atomic E-state index is 11.4. The first-order valence-corrected chi connectivity index (χ1v) is 7.03. The van der Waals surface area contributed by atoms with Crippen molar-refractivity contribution in [3.05, 3.63) is 0 Å². The van der Waals surface area contributed by atoms with Gasteiger partial charge in [-0.15, -0.1) is 0 Å². The summed E-state index contributed by atoms with van der Waals surface area (Å²) in [5.41, 5.74) is 0. The zero-order valence-electron chi connectivity index (χ0n) is 11.4. The average Bonchev–Trinajstić information content (AvgIpc) is 2.23. The number of carbonyl (C=O) groups excluding carboxylic acids is 2. The van der Waals surface area contributed by atoms with E-state index in [2.05, 4.69) is 4.18 Å². The van der Waals surface area contributed by atoms with Crippen LogP contribution in [0, 0.1) is 5.92 Å². The Bertz CT molecular complexity index is 379. The molecule has 19 heavy (non-hydrogen) atoms. The van der Waals surface area contributed by atoms with Gasteiger partial charge in [-0.2, -0.15) is 8.42 Å². The summed E-state index contributed by atoms with van der Waals surface area (Å²) in [6.07, 6.45) is 1.23. The van der Waals surface area contributed by atoms with E-state index in [1.54, 1.807) is 6.92 Å². The molecule has 0 rings (SSSR count). The molecule has 0 aromatic carbocycles. The monoisotopic (exact) mass is 305 g/mol. The van der Waals surface area contributed by atoms with E-state index in [0.29, 0.717) is 12.8 Å². The fraction of sp³-hybridized carbons (Fsp3) is 0.800. The maximum Gasteiger partial charge on any atom is 1.00 e. The van der Waals surface area contributed by atoms with Crippen LogP contribution < -0.4 is 29.6 Å². The number of carbonyl (C=O) groups is 2. The van der Waals surface area contributed by atoms with Gasteiger partial charge in [0.15, 0.2) is 0 Å². The van der Waals surface area contributed by atoms with Crippen molar-refractivity contribution in [3.8, 4) is 0 Å². The number of esters is 1. The molecular formula is C10H18NaO7S+. The van der Waals surface area contributed by atoms with Crippen LogP contribution in [-0.4, -0.2) is 31.5 Å². The molecule has 1 atom stereocenters. The van der Waals surface area contributed by atoms with Gasteiger partial charge in [0.1, 0.15) is 0 Å². The van der Waals surface area contributed by atoms with E-state index in [-0.39, 0.29) is 49.0 Å². The van der Waals surface area contributed by atoms with E-state index in [0.717, 1.165) is 0 Å². The number of hydrogen-bond acceptors (Lipinski definition) is 6. The van der Waals surface area contributed by atoms with E-state index in [1.807, 2.05) is 6.92 Å². The first kappa shape index (κ1) is 21.2. The van der Waals surface area contributed by atoms with Crippen molar-refractivity contribution in [1.82, 2.24) is 0 Å². The molecule has 7 nitrogen and oxygen atoms in total. The van der Waals surface area contributed by atoms with Crippen LogP contribution in [0.25, 0.3) is 0 Å². The van der Waals surface area contributed by atoms with Crippen molar-refractivity contribution in [2.24, 2.45) is 5.92 Å². The van der Waals surface area contributed by atoms with E-state index >= 15 is 0 Å². The molecule has 0 radical (unpaired) electrons. The first-order chi connectivity index (χ1) is 8.30. The summed E-state index contributed by atoms with van der Waals surface area (Å²) < 4.78 is 37.8. The van der Waals surface area contributed by atoms with Gasteiger partial charge in [-0.05, 0) is 12.8 Å². The quantitative estimate of drug-likeness (QED) is 0.317. The smallest absolute Gasteiger partial charge is 0.466 e. The van der Waals surface area contributed by atoms with Crippen molar-refractivity contribution in [3.63, 3.8) is 0 Å². The van der Waals surface area contributed by atoms with Crippen LogP contribution in [0.4, 0.5) is 0 Å². The van der Waals surface area contributed by atoms with Gasteiger partial charge in [0.05, 0.1) is 18.9 Å². The average molecular weight is 305 g/mol. The molecule has 0 amide bonds. The molecule has 0 saturated heterocycles. The predicted molar refractivity (Wildman–Crippen MR) is 61.9 cm³/mol. The molecule has 0 spiro atoms. The van der Waals surface area contributed by atoms with E-state index in [1.165, 1.54) is 0 Å². The molecule has 9 heteroatoms. The van der Waals surface area contributed by atoms with Gasteiger partial charge in [0, 0.05) is 0 Å². The van der Waals surface area contributed by atoms with Crippen LogP contribution >= 0.6 is 0 Å². The summed E-state index contributed by atoms with van der Waals surface area (Å²) in [5, 5.41) is 0. The molecular weight excluding hydrogens is 287 g/mol. The minimum absolute atomic E-state index is 0. The van der Waals surface area contributed by atoms with Gasteiger partial charge >= 0.3 is 51.9 Å². The molecule has 0 bridgehead atoms. The van der Waals surface area contributed by atoms with Crippen molar-refractivity contribution < 1.29 is 61.0 Å². The Hall–Kier alpha value is -0.150. The molecule has 0 aromatic heterocycles. The summed E-state index contributed by atoms with van der Waals surface area (Å²) in [6.45, 7) is 3.83. The minimum atomic E-state index is -4.84. The Kier molecular flexibility index (Phi) is 11.8. The Labute approximate surface area is 135 Å². The number of hydrogen-bond donors (Lipinski definition) is 1. The van der Waals surface area contributed by atoms with Crippen LogP contribution in [-0.2, 0) is 28.9 Å². The summed E-state index contributed by atoms with van der Waals surface area (Å²) >= 11 is 0. The molecule has 1 unspecified atom stereocenters. The van der Waals surface area contributed by atoms with Gasteiger partial charge in [-0.1, -0.05) is 20.3 Å². The van der Waals surface area contributed by atoms with E-state index in [9.17, 15) is 18.0 Å². The molecule has 0 aromatic rings. The van der Waals surface area contributed by atoms with Crippen LogP contribution in [0.3, 0.4) is 0 Å². The van der Waals surface area contributed by atoms with Crippen LogP contribution in [0.15, 0.2) is 0 Å². The molecule has 106 valence electrons. The van der Waals surface area contributed by atoms with Crippen LogP contribution in [0.5, 0.6) is 0 Å². The largest absolute Gasteiger partial charge is 1.00 e. The summed E-state index contributed by atoms with van der Waals surface area (Å²) in [7, 11) is -4.84. The van der Waals surface area contributed by atoms with Crippen LogP contribution in [0.2, 0.25) is 0 Å². The normalized spacial score (nSPS) is 12.2. The number of ether oxygens (including phenoxy) is 1. The first-order valence-electron chi connectivity index (χ1n) is 5.66. The Morgan fingerprint density at radius 3 is 2.21 bits per heavy atom.